The fourth-order valence-electron chi connectivity index (χ4n) is 5.91. The van der Waals surface area contributed by atoms with Crippen LogP contribution in [0, 0.1) is 24.6 Å². The summed E-state index contributed by atoms with van der Waals surface area (Å²) in [6.45, 7) is 5.76. The first-order chi connectivity index (χ1) is 17.5. The minimum Gasteiger partial charge on any atom is -0.378 e. The summed E-state index contributed by atoms with van der Waals surface area (Å²) >= 11 is 0. The van der Waals surface area contributed by atoms with Crippen LogP contribution >= 0.6 is 0 Å². The Bertz CT molecular complexity index is 943. The molecule has 1 aliphatic carbocycles. The molecule has 0 aromatic heterocycles. The summed E-state index contributed by atoms with van der Waals surface area (Å²) in [4.78, 5) is 0. The van der Waals surface area contributed by atoms with Crippen LogP contribution in [0.3, 0.4) is 0 Å². The number of alkyl halides is 2. The molecule has 1 heterocycles. The topological polar surface area (TPSA) is 18.5 Å². The highest BCUT2D eigenvalue weighted by atomic mass is 19.3. The predicted molar refractivity (Wildman–Crippen MR) is 139 cm³/mol. The molecule has 2 fully saturated rings. The molecule has 2 unspecified atom stereocenters. The van der Waals surface area contributed by atoms with Crippen LogP contribution in [-0.4, -0.2) is 25.4 Å². The number of aryl methyl sites for hydroxylation is 2. The maximum Gasteiger partial charge on any atom is 0.266 e. The van der Waals surface area contributed by atoms with Crippen molar-refractivity contribution in [2.24, 2.45) is 11.8 Å². The van der Waals surface area contributed by atoms with Crippen molar-refractivity contribution in [1.29, 1.82) is 0 Å². The van der Waals surface area contributed by atoms with Gasteiger partial charge in [0.1, 0.15) is 5.82 Å². The van der Waals surface area contributed by atoms with Gasteiger partial charge in [0.25, 0.3) is 6.43 Å². The lowest BCUT2D eigenvalue weighted by molar-refractivity contribution is -0.0516. The van der Waals surface area contributed by atoms with Gasteiger partial charge in [0.05, 0.1) is 24.4 Å². The second-order valence-electron chi connectivity index (χ2n) is 10.8. The van der Waals surface area contributed by atoms with E-state index in [0.29, 0.717) is 41.9 Å². The van der Waals surface area contributed by atoms with Crippen molar-refractivity contribution in [2.45, 2.75) is 96.7 Å². The molecule has 4 rings (SSSR count). The molecule has 5 heteroatoms. The number of ether oxygens (including phenoxy) is 2. The number of unbranched alkanes of at least 4 members (excludes halogenated alkanes) is 1. The molecule has 0 N–H and O–H groups in total. The molecule has 1 saturated carbocycles. The van der Waals surface area contributed by atoms with Crippen molar-refractivity contribution in [2.75, 3.05) is 13.2 Å². The van der Waals surface area contributed by atoms with Gasteiger partial charge in [-0.05, 0) is 87.7 Å². The SMILES string of the molecule is CCCCOC1CCC(C2CCC(CCc3ccc(-c4ccc(C)cc4)c(F)c3C(F)F)OC2)CC1. The first-order valence-corrected chi connectivity index (χ1v) is 13.9. The van der Waals surface area contributed by atoms with Gasteiger partial charge in [-0.1, -0.05) is 55.3 Å². The Kier molecular flexibility index (Phi) is 9.89. The molecule has 1 saturated heterocycles. The second-order valence-corrected chi connectivity index (χ2v) is 10.8. The fourth-order valence-corrected chi connectivity index (χ4v) is 5.91. The summed E-state index contributed by atoms with van der Waals surface area (Å²) in [5.41, 5.74) is 1.83. The van der Waals surface area contributed by atoms with Crippen LogP contribution in [-0.2, 0) is 15.9 Å². The molecule has 1 aliphatic heterocycles. The van der Waals surface area contributed by atoms with Gasteiger partial charge in [-0.3, -0.25) is 0 Å². The highest BCUT2D eigenvalue weighted by molar-refractivity contribution is 5.66. The normalized spacial score (nSPS) is 24.8. The number of rotatable bonds is 10. The zero-order chi connectivity index (χ0) is 25.5. The number of halogens is 3. The van der Waals surface area contributed by atoms with Gasteiger partial charge in [0, 0.05) is 12.2 Å². The molecule has 0 spiro atoms. The maximum atomic E-state index is 15.2. The highest BCUT2D eigenvalue weighted by Crippen LogP contribution is 2.38. The van der Waals surface area contributed by atoms with E-state index in [9.17, 15) is 8.78 Å². The molecule has 0 bridgehead atoms. The van der Waals surface area contributed by atoms with Gasteiger partial charge in [0.2, 0.25) is 0 Å². The van der Waals surface area contributed by atoms with E-state index >= 15 is 4.39 Å². The van der Waals surface area contributed by atoms with Gasteiger partial charge < -0.3 is 9.47 Å². The fraction of sp³-hybridized carbons (Fsp3) is 0.613. The van der Waals surface area contributed by atoms with E-state index in [1.165, 1.54) is 19.3 Å². The lowest BCUT2D eigenvalue weighted by Gasteiger charge is -2.38. The highest BCUT2D eigenvalue weighted by Gasteiger charge is 2.32. The van der Waals surface area contributed by atoms with E-state index in [2.05, 4.69) is 6.92 Å². The van der Waals surface area contributed by atoms with Crippen molar-refractivity contribution in [3.8, 4) is 11.1 Å². The van der Waals surface area contributed by atoms with Gasteiger partial charge in [-0.2, -0.15) is 0 Å². The third-order valence-corrected chi connectivity index (χ3v) is 8.23. The molecule has 36 heavy (non-hydrogen) atoms. The monoisotopic (exact) mass is 502 g/mol. The summed E-state index contributed by atoms with van der Waals surface area (Å²) in [6, 6.07) is 10.6. The van der Waals surface area contributed by atoms with Crippen molar-refractivity contribution in [3.63, 3.8) is 0 Å². The Balaban J connectivity index is 1.28. The third kappa shape index (κ3) is 6.92. The molecule has 0 amide bonds. The van der Waals surface area contributed by atoms with E-state index in [1.807, 2.05) is 19.1 Å². The Labute approximate surface area is 214 Å². The lowest BCUT2D eigenvalue weighted by atomic mass is 9.76. The van der Waals surface area contributed by atoms with E-state index in [1.54, 1.807) is 24.3 Å². The summed E-state index contributed by atoms with van der Waals surface area (Å²) in [7, 11) is 0. The predicted octanol–water partition coefficient (Wildman–Crippen LogP) is 8.84. The van der Waals surface area contributed by atoms with Crippen LogP contribution in [0.5, 0.6) is 0 Å². The zero-order valence-electron chi connectivity index (χ0n) is 21.8. The zero-order valence-corrected chi connectivity index (χ0v) is 21.8. The van der Waals surface area contributed by atoms with E-state index in [0.717, 1.165) is 50.9 Å². The average molecular weight is 503 g/mol. The van der Waals surface area contributed by atoms with Gasteiger partial charge in [-0.25, -0.2) is 13.2 Å². The molecular weight excluding hydrogens is 461 g/mol. The van der Waals surface area contributed by atoms with Crippen LogP contribution in [0.25, 0.3) is 11.1 Å². The smallest absolute Gasteiger partial charge is 0.266 e. The molecule has 198 valence electrons. The summed E-state index contributed by atoms with van der Waals surface area (Å²) in [6.07, 6.45) is 7.78. The molecule has 2 nitrogen and oxygen atoms in total. The molecule has 2 atom stereocenters. The number of hydrogen-bond acceptors (Lipinski definition) is 2. The van der Waals surface area contributed by atoms with Crippen molar-refractivity contribution in [3.05, 3.63) is 58.9 Å². The van der Waals surface area contributed by atoms with E-state index < -0.39 is 17.8 Å². The molecular formula is C31H41F3O2. The second kappa shape index (κ2) is 13.1. The minimum absolute atomic E-state index is 0.0559. The Morgan fingerprint density at radius 2 is 1.67 bits per heavy atom. The van der Waals surface area contributed by atoms with Crippen LogP contribution in [0.2, 0.25) is 0 Å². The van der Waals surface area contributed by atoms with Crippen LogP contribution in [0.4, 0.5) is 13.2 Å². The Morgan fingerprint density at radius 1 is 0.944 bits per heavy atom. The standard InChI is InChI=1S/C31H41F3O2/c1-3-4-19-35-26-14-9-22(10-15-26)25-12-17-27(36-20-25)16-11-24-13-18-28(30(32)29(24)31(33)34)23-7-5-21(2)6-8-23/h5-8,13,18,22,25-27,31H,3-4,9-12,14-17,19-20H2,1-2H3. The molecule has 2 aromatic rings. The van der Waals surface area contributed by atoms with Gasteiger partial charge >= 0.3 is 0 Å². The first-order valence-electron chi connectivity index (χ1n) is 13.9. The molecule has 2 aromatic carbocycles. The first kappa shape index (κ1) is 27.2. The minimum atomic E-state index is -2.84. The number of hydrogen-bond donors (Lipinski definition) is 0. The van der Waals surface area contributed by atoms with Crippen LogP contribution < -0.4 is 0 Å². The average Bonchev–Trinajstić information content (AvgIpc) is 2.89. The molecule has 2 aliphatic rings. The summed E-state index contributed by atoms with van der Waals surface area (Å²) < 4.78 is 55.2. The maximum absolute atomic E-state index is 15.2. The largest absolute Gasteiger partial charge is 0.378 e. The van der Waals surface area contributed by atoms with Crippen LogP contribution in [0.1, 0.15) is 87.8 Å². The van der Waals surface area contributed by atoms with E-state index in [4.69, 9.17) is 9.47 Å². The van der Waals surface area contributed by atoms with Crippen LogP contribution in [0.15, 0.2) is 36.4 Å². The van der Waals surface area contributed by atoms with E-state index in [-0.39, 0.29) is 11.7 Å². The van der Waals surface area contributed by atoms with Gasteiger partial charge in [0.15, 0.2) is 0 Å². The Morgan fingerprint density at radius 3 is 2.31 bits per heavy atom. The lowest BCUT2D eigenvalue weighted by Crippen LogP contribution is -2.34. The number of benzene rings is 2. The summed E-state index contributed by atoms with van der Waals surface area (Å²) in [5, 5.41) is 0. The third-order valence-electron chi connectivity index (χ3n) is 8.23. The van der Waals surface area contributed by atoms with Gasteiger partial charge in [-0.15, -0.1) is 0 Å². The summed E-state index contributed by atoms with van der Waals surface area (Å²) in [5.74, 6) is 0.483. The molecule has 0 radical (unpaired) electrons. The quantitative estimate of drug-likeness (QED) is 0.302. The van der Waals surface area contributed by atoms with Crippen molar-refractivity contribution in [1.82, 2.24) is 0 Å². The van der Waals surface area contributed by atoms with Crippen molar-refractivity contribution < 1.29 is 22.6 Å². The Hall–Kier alpha value is -1.85. The van der Waals surface area contributed by atoms with Crippen molar-refractivity contribution >= 4 is 0 Å².